The standard InChI is InChI=1S/C10H12O3/c1-3-6-9(10(12)13-2)7-4-5-8-11/h3-8H,1-2H3. The van der Waals surface area contributed by atoms with E-state index in [0.29, 0.717) is 11.9 Å². The lowest BCUT2D eigenvalue weighted by atomic mass is 10.2. The highest BCUT2D eigenvalue weighted by molar-refractivity contribution is 5.91. The van der Waals surface area contributed by atoms with Crippen LogP contribution < -0.4 is 0 Å². The number of methoxy groups -OCH3 is 1. The summed E-state index contributed by atoms with van der Waals surface area (Å²) in [6.07, 6.45) is 8.27. The van der Waals surface area contributed by atoms with Gasteiger partial charge in [-0.15, -0.1) is 0 Å². The molecule has 0 N–H and O–H groups in total. The van der Waals surface area contributed by atoms with E-state index in [1.807, 2.05) is 0 Å². The zero-order chi connectivity index (χ0) is 10.1. The fraction of sp³-hybridized carbons (Fsp3) is 0.200. The molecule has 0 spiro atoms. The van der Waals surface area contributed by atoms with Crippen LogP contribution in [0.15, 0.2) is 36.0 Å². The molecule has 13 heavy (non-hydrogen) atoms. The molecule has 3 heteroatoms. The van der Waals surface area contributed by atoms with E-state index in [4.69, 9.17) is 0 Å². The topological polar surface area (TPSA) is 43.4 Å². The Labute approximate surface area is 77.4 Å². The summed E-state index contributed by atoms with van der Waals surface area (Å²) in [4.78, 5) is 21.0. The van der Waals surface area contributed by atoms with Crippen LogP contribution in [0.4, 0.5) is 0 Å². The van der Waals surface area contributed by atoms with E-state index in [1.165, 1.54) is 25.3 Å². The molecular weight excluding hydrogens is 168 g/mol. The molecule has 0 saturated heterocycles. The maximum Gasteiger partial charge on any atom is 0.337 e. The predicted molar refractivity (Wildman–Crippen MR) is 50.1 cm³/mol. The van der Waals surface area contributed by atoms with Gasteiger partial charge in [0.25, 0.3) is 0 Å². The molecule has 0 aromatic heterocycles. The van der Waals surface area contributed by atoms with Crippen LogP contribution in [0.2, 0.25) is 0 Å². The van der Waals surface area contributed by atoms with Gasteiger partial charge in [0.2, 0.25) is 0 Å². The second-order valence-electron chi connectivity index (χ2n) is 2.13. The Balaban J connectivity index is 4.58. The molecule has 0 aliphatic heterocycles. The van der Waals surface area contributed by atoms with Crippen LogP contribution in [0.5, 0.6) is 0 Å². The molecule has 0 bridgehead atoms. The summed E-state index contributed by atoms with van der Waals surface area (Å²) in [5.41, 5.74) is 0.406. The average Bonchev–Trinajstić information content (AvgIpc) is 2.16. The van der Waals surface area contributed by atoms with Crippen LogP contribution in [0, 0.1) is 0 Å². The van der Waals surface area contributed by atoms with E-state index < -0.39 is 5.97 Å². The van der Waals surface area contributed by atoms with Crippen LogP contribution in [-0.4, -0.2) is 19.4 Å². The SMILES string of the molecule is CC=CC(=CC=CC=O)C(=O)OC. The summed E-state index contributed by atoms with van der Waals surface area (Å²) >= 11 is 0. The van der Waals surface area contributed by atoms with Crippen molar-refractivity contribution in [3.8, 4) is 0 Å². The highest BCUT2D eigenvalue weighted by Gasteiger charge is 2.02. The molecule has 0 aromatic carbocycles. The Bertz CT molecular complexity index is 259. The van der Waals surface area contributed by atoms with Crippen molar-refractivity contribution in [3.05, 3.63) is 36.0 Å². The fourth-order valence-electron chi connectivity index (χ4n) is 0.694. The van der Waals surface area contributed by atoms with Crippen molar-refractivity contribution in [2.75, 3.05) is 7.11 Å². The molecule has 0 fully saturated rings. The lowest BCUT2D eigenvalue weighted by Gasteiger charge is -1.96. The number of hydrogen-bond acceptors (Lipinski definition) is 3. The zero-order valence-electron chi connectivity index (χ0n) is 7.69. The minimum Gasteiger partial charge on any atom is -0.465 e. The maximum atomic E-state index is 11.0. The van der Waals surface area contributed by atoms with Crippen molar-refractivity contribution >= 4 is 12.3 Å². The Morgan fingerprint density at radius 1 is 1.31 bits per heavy atom. The third kappa shape index (κ3) is 4.74. The van der Waals surface area contributed by atoms with E-state index in [-0.39, 0.29) is 0 Å². The Kier molecular flexibility index (Phi) is 6.15. The predicted octanol–water partition coefficient (Wildman–Crippen LogP) is 1.42. The Morgan fingerprint density at radius 3 is 2.46 bits per heavy atom. The molecule has 0 aliphatic rings. The molecule has 0 heterocycles. The first-order valence-corrected chi connectivity index (χ1v) is 3.79. The van der Waals surface area contributed by atoms with Crippen molar-refractivity contribution in [3.63, 3.8) is 0 Å². The second-order valence-corrected chi connectivity index (χ2v) is 2.13. The summed E-state index contributed by atoms with van der Waals surface area (Å²) in [6, 6.07) is 0. The van der Waals surface area contributed by atoms with E-state index in [9.17, 15) is 9.59 Å². The highest BCUT2D eigenvalue weighted by Crippen LogP contribution is 2.00. The molecule has 0 aliphatic carbocycles. The van der Waals surface area contributed by atoms with Gasteiger partial charge < -0.3 is 4.74 Å². The highest BCUT2D eigenvalue weighted by atomic mass is 16.5. The monoisotopic (exact) mass is 180 g/mol. The van der Waals surface area contributed by atoms with Gasteiger partial charge in [-0.1, -0.05) is 18.2 Å². The molecule has 0 amide bonds. The second kappa shape index (κ2) is 7.03. The Morgan fingerprint density at radius 2 is 2.00 bits per heavy atom. The van der Waals surface area contributed by atoms with E-state index in [1.54, 1.807) is 19.1 Å². The largest absolute Gasteiger partial charge is 0.465 e. The summed E-state index contributed by atoms with van der Waals surface area (Å²) < 4.78 is 4.51. The minimum atomic E-state index is -0.423. The van der Waals surface area contributed by atoms with Gasteiger partial charge in [-0.05, 0) is 19.1 Å². The molecule has 0 unspecified atom stereocenters. The summed E-state index contributed by atoms with van der Waals surface area (Å²) in [6.45, 7) is 1.79. The summed E-state index contributed by atoms with van der Waals surface area (Å²) in [7, 11) is 1.31. The summed E-state index contributed by atoms with van der Waals surface area (Å²) in [5.74, 6) is -0.423. The Hall–Kier alpha value is -1.64. The quantitative estimate of drug-likeness (QED) is 0.284. The number of allylic oxidation sites excluding steroid dienone is 4. The molecule has 0 rings (SSSR count). The van der Waals surface area contributed by atoms with Gasteiger partial charge in [-0.3, -0.25) is 4.79 Å². The minimum absolute atomic E-state index is 0.406. The van der Waals surface area contributed by atoms with Crippen molar-refractivity contribution in [2.45, 2.75) is 6.92 Å². The third-order valence-electron chi connectivity index (χ3n) is 1.23. The van der Waals surface area contributed by atoms with Gasteiger partial charge in [0.15, 0.2) is 0 Å². The number of carbonyl (C=O) groups is 2. The normalized spacial score (nSPS) is 12.3. The molecule has 0 radical (unpaired) electrons. The van der Waals surface area contributed by atoms with E-state index >= 15 is 0 Å². The van der Waals surface area contributed by atoms with Gasteiger partial charge in [0.05, 0.1) is 12.7 Å². The van der Waals surface area contributed by atoms with Crippen molar-refractivity contribution in [1.29, 1.82) is 0 Å². The smallest absolute Gasteiger partial charge is 0.337 e. The maximum absolute atomic E-state index is 11.0. The summed E-state index contributed by atoms with van der Waals surface area (Å²) in [5, 5.41) is 0. The van der Waals surface area contributed by atoms with Crippen molar-refractivity contribution < 1.29 is 14.3 Å². The van der Waals surface area contributed by atoms with Gasteiger partial charge >= 0.3 is 5.97 Å². The number of ether oxygens (including phenoxy) is 1. The molecule has 0 saturated carbocycles. The number of rotatable bonds is 4. The van der Waals surface area contributed by atoms with E-state index in [2.05, 4.69) is 4.74 Å². The van der Waals surface area contributed by atoms with Crippen LogP contribution in [0.25, 0.3) is 0 Å². The first-order chi connectivity index (χ1) is 6.26. The van der Waals surface area contributed by atoms with Crippen molar-refractivity contribution in [2.24, 2.45) is 0 Å². The lowest BCUT2D eigenvalue weighted by molar-refractivity contribution is -0.135. The van der Waals surface area contributed by atoms with Crippen molar-refractivity contribution in [1.82, 2.24) is 0 Å². The van der Waals surface area contributed by atoms with Gasteiger partial charge in [-0.2, -0.15) is 0 Å². The van der Waals surface area contributed by atoms with Crippen LogP contribution in [0.3, 0.4) is 0 Å². The van der Waals surface area contributed by atoms with Crippen LogP contribution in [-0.2, 0) is 14.3 Å². The van der Waals surface area contributed by atoms with Gasteiger partial charge in [0, 0.05) is 0 Å². The first-order valence-electron chi connectivity index (χ1n) is 3.79. The first kappa shape index (κ1) is 11.4. The molecule has 0 atom stereocenters. The number of carbonyl (C=O) groups excluding carboxylic acids is 2. The fourth-order valence-corrected chi connectivity index (χ4v) is 0.694. The number of hydrogen-bond donors (Lipinski definition) is 0. The molecule has 3 nitrogen and oxygen atoms in total. The third-order valence-corrected chi connectivity index (χ3v) is 1.23. The van der Waals surface area contributed by atoms with Crippen LogP contribution >= 0.6 is 0 Å². The van der Waals surface area contributed by atoms with Crippen LogP contribution in [0.1, 0.15) is 6.92 Å². The molecular formula is C10H12O3. The number of esters is 1. The lowest BCUT2D eigenvalue weighted by Crippen LogP contribution is -2.01. The molecule has 70 valence electrons. The number of aldehydes is 1. The molecule has 0 aromatic rings. The van der Waals surface area contributed by atoms with Gasteiger partial charge in [0.1, 0.15) is 6.29 Å². The van der Waals surface area contributed by atoms with Gasteiger partial charge in [-0.25, -0.2) is 4.79 Å². The zero-order valence-corrected chi connectivity index (χ0v) is 7.69. The average molecular weight is 180 g/mol. The van der Waals surface area contributed by atoms with E-state index in [0.717, 1.165) is 0 Å².